The summed E-state index contributed by atoms with van der Waals surface area (Å²) in [4.78, 5) is 32.9. The zero-order valence-electron chi connectivity index (χ0n) is 22.9. The van der Waals surface area contributed by atoms with Gasteiger partial charge in [0.05, 0.1) is 30.0 Å². The van der Waals surface area contributed by atoms with Crippen molar-refractivity contribution in [3.05, 3.63) is 58.9 Å². The van der Waals surface area contributed by atoms with Crippen LogP contribution < -0.4 is 9.64 Å². The van der Waals surface area contributed by atoms with Crippen LogP contribution in [0.3, 0.4) is 0 Å². The van der Waals surface area contributed by atoms with Crippen LogP contribution in [-0.4, -0.2) is 54.5 Å². The van der Waals surface area contributed by atoms with Gasteiger partial charge in [-0.25, -0.2) is 23.4 Å². The minimum Gasteiger partial charge on any atom is -0.494 e. The number of nitrogens with zero attached hydrogens (tertiary/aromatic N) is 3. The van der Waals surface area contributed by atoms with Crippen LogP contribution in [0.2, 0.25) is 0 Å². The number of ether oxygens (including phenoxy) is 3. The van der Waals surface area contributed by atoms with Crippen LogP contribution in [-0.2, 0) is 9.47 Å². The molecule has 0 amide bonds. The Hall–Kier alpha value is -4.06. The van der Waals surface area contributed by atoms with Crippen molar-refractivity contribution in [1.82, 2.24) is 10.1 Å². The van der Waals surface area contributed by atoms with E-state index in [9.17, 15) is 18.4 Å². The normalized spacial score (nSPS) is 21.5. The Labute approximate surface area is 243 Å². The number of thiazole rings is 1. The van der Waals surface area contributed by atoms with Crippen molar-refractivity contribution < 1.29 is 37.1 Å². The molecule has 1 aliphatic carbocycles. The number of halogens is 2. The van der Waals surface area contributed by atoms with Crippen LogP contribution in [0.5, 0.6) is 5.75 Å². The average Bonchev–Trinajstić information content (AvgIpc) is 3.48. The molecule has 3 atom stereocenters. The van der Waals surface area contributed by atoms with E-state index in [4.69, 9.17) is 23.7 Å². The minimum atomic E-state index is -0.822. The number of benzene rings is 2. The average molecular weight is 596 g/mol. The lowest BCUT2D eigenvalue weighted by atomic mass is 9.99. The first-order valence-electron chi connectivity index (χ1n) is 13.9. The fourth-order valence-corrected chi connectivity index (χ4v) is 7.42. The van der Waals surface area contributed by atoms with Crippen LogP contribution in [0.15, 0.2) is 34.9 Å². The molecule has 0 unspecified atom stereocenters. The van der Waals surface area contributed by atoms with Crippen molar-refractivity contribution in [1.29, 1.82) is 0 Å². The number of rotatable bonds is 7. The second-order valence-corrected chi connectivity index (χ2v) is 12.0. The molecule has 7 rings (SSSR count). The number of esters is 2. The number of carbonyl (C=O) groups is 2. The Kier molecular flexibility index (Phi) is 6.60. The van der Waals surface area contributed by atoms with Gasteiger partial charge in [-0.3, -0.25) is 0 Å². The van der Waals surface area contributed by atoms with Crippen molar-refractivity contribution in [2.24, 2.45) is 0 Å². The van der Waals surface area contributed by atoms with E-state index in [1.165, 1.54) is 31.6 Å². The minimum absolute atomic E-state index is 0.0101. The van der Waals surface area contributed by atoms with Crippen molar-refractivity contribution >= 4 is 38.6 Å². The smallest absolute Gasteiger partial charge is 0.344 e. The van der Waals surface area contributed by atoms with Gasteiger partial charge in [0.2, 0.25) is 0 Å². The second-order valence-electron chi connectivity index (χ2n) is 10.9. The van der Waals surface area contributed by atoms with Gasteiger partial charge in [-0.15, -0.1) is 0 Å². The van der Waals surface area contributed by atoms with Gasteiger partial charge in [0.25, 0.3) is 0 Å². The van der Waals surface area contributed by atoms with Gasteiger partial charge in [-0.2, -0.15) is 0 Å². The van der Waals surface area contributed by atoms with Gasteiger partial charge in [0, 0.05) is 30.8 Å². The van der Waals surface area contributed by atoms with Gasteiger partial charge < -0.3 is 23.6 Å². The molecule has 42 heavy (non-hydrogen) atoms. The molecule has 2 saturated heterocycles. The fourth-order valence-electron chi connectivity index (χ4n) is 6.25. The molecule has 2 aromatic heterocycles. The first kappa shape index (κ1) is 26.8. The van der Waals surface area contributed by atoms with E-state index in [1.54, 1.807) is 12.1 Å². The van der Waals surface area contributed by atoms with Crippen molar-refractivity contribution in [3.63, 3.8) is 0 Å². The molecule has 0 N–H and O–H groups in total. The topological polar surface area (TPSA) is 104 Å². The standard InChI is InChI=1S/C30H27F2N3O6S/c1-38-21-10-15(28(36)39-2)11-22-25(21)33-30(42-22)35-16-8-9-17(35)13-18(12-16)40-29(37)24-26(34-41-27(24)14-6-7-14)23-19(31)4-3-5-20(23)32/h3-5,10-11,14,16-18H,6-9,12-13H2,1-2H3/t16-,17+,18+. The molecular formula is C30H27F2N3O6S. The number of piperidine rings is 1. The molecule has 12 heteroatoms. The lowest BCUT2D eigenvalue weighted by Gasteiger charge is -2.38. The number of anilines is 1. The third kappa shape index (κ3) is 4.48. The fraction of sp³-hybridized carbons (Fsp3) is 0.400. The van der Waals surface area contributed by atoms with Gasteiger partial charge >= 0.3 is 11.9 Å². The number of methoxy groups -OCH3 is 2. The second kappa shape index (κ2) is 10.3. The highest BCUT2D eigenvalue weighted by molar-refractivity contribution is 7.22. The Bertz CT molecular complexity index is 1680. The first-order chi connectivity index (χ1) is 20.4. The van der Waals surface area contributed by atoms with Crippen LogP contribution in [0, 0.1) is 11.6 Å². The van der Waals surface area contributed by atoms with E-state index in [0.29, 0.717) is 35.4 Å². The predicted molar refractivity (Wildman–Crippen MR) is 149 cm³/mol. The van der Waals surface area contributed by atoms with E-state index in [1.807, 2.05) is 0 Å². The summed E-state index contributed by atoms with van der Waals surface area (Å²) in [7, 11) is 2.87. The molecule has 0 radical (unpaired) electrons. The first-order valence-corrected chi connectivity index (χ1v) is 14.7. The van der Waals surface area contributed by atoms with Crippen molar-refractivity contribution in [2.45, 2.75) is 62.6 Å². The Morgan fingerprint density at radius 2 is 1.74 bits per heavy atom. The summed E-state index contributed by atoms with van der Waals surface area (Å²) in [5, 5.41) is 4.74. The Balaban J connectivity index is 1.14. The molecule has 4 heterocycles. The SMILES string of the molecule is COC(=O)c1cc(OC)c2nc(N3[C@@H]4CC[C@H]3C[C@@H](OC(=O)c3c(-c5c(F)cccc5F)noc3C3CC3)C4)sc2c1. The third-order valence-corrected chi connectivity index (χ3v) is 9.36. The summed E-state index contributed by atoms with van der Waals surface area (Å²) in [6, 6.07) is 7.06. The number of aromatic nitrogens is 2. The zero-order valence-corrected chi connectivity index (χ0v) is 23.7. The van der Waals surface area contributed by atoms with Gasteiger partial charge in [0.15, 0.2) is 10.9 Å². The third-order valence-electron chi connectivity index (χ3n) is 8.34. The summed E-state index contributed by atoms with van der Waals surface area (Å²) in [5.74, 6) is -1.96. The van der Waals surface area contributed by atoms with Crippen LogP contribution in [0.25, 0.3) is 21.5 Å². The van der Waals surface area contributed by atoms with Gasteiger partial charge in [-0.1, -0.05) is 22.6 Å². The molecule has 3 aliphatic rings. The molecular weight excluding hydrogens is 568 g/mol. The maximum atomic E-state index is 14.7. The lowest BCUT2D eigenvalue weighted by molar-refractivity contribution is 0.0202. The summed E-state index contributed by atoms with van der Waals surface area (Å²) < 4.78 is 52.0. The highest BCUT2D eigenvalue weighted by Gasteiger charge is 2.45. The molecule has 218 valence electrons. The van der Waals surface area contributed by atoms with E-state index >= 15 is 0 Å². The molecule has 2 bridgehead atoms. The number of carbonyl (C=O) groups excluding carboxylic acids is 2. The Morgan fingerprint density at radius 3 is 2.38 bits per heavy atom. The van der Waals surface area contributed by atoms with Gasteiger partial charge in [-0.05, 0) is 49.9 Å². The highest BCUT2D eigenvalue weighted by atomic mass is 32.1. The molecule has 0 spiro atoms. The molecule has 4 aromatic rings. The lowest BCUT2D eigenvalue weighted by Crippen LogP contribution is -2.46. The summed E-state index contributed by atoms with van der Waals surface area (Å²) in [5.41, 5.74) is 0.519. The zero-order chi connectivity index (χ0) is 29.1. The van der Waals surface area contributed by atoms with Crippen LogP contribution >= 0.6 is 11.3 Å². The monoisotopic (exact) mass is 595 g/mol. The molecule has 3 fully saturated rings. The molecule has 2 aromatic carbocycles. The van der Waals surface area contributed by atoms with Crippen LogP contribution in [0.1, 0.15) is 70.9 Å². The number of hydrogen-bond donors (Lipinski definition) is 0. The van der Waals surface area contributed by atoms with E-state index < -0.39 is 29.1 Å². The van der Waals surface area contributed by atoms with Crippen molar-refractivity contribution in [3.8, 4) is 17.0 Å². The molecule has 9 nitrogen and oxygen atoms in total. The predicted octanol–water partition coefficient (Wildman–Crippen LogP) is 6.26. The van der Waals surface area contributed by atoms with Crippen LogP contribution in [0.4, 0.5) is 13.9 Å². The van der Waals surface area contributed by atoms with E-state index in [2.05, 4.69) is 10.1 Å². The summed E-state index contributed by atoms with van der Waals surface area (Å²) >= 11 is 1.48. The van der Waals surface area contributed by atoms with Crippen molar-refractivity contribution in [2.75, 3.05) is 19.1 Å². The van der Waals surface area contributed by atoms with E-state index in [-0.39, 0.29) is 35.4 Å². The summed E-state index contributed by atoms with van der Waals surface area (Å²) in [6.45, 7) is 0. The molecule has 2 aliphatic heterocycles. The highest BCUT2D eigenvalue weighted by Crippen LogP contribution is 2.47. The van der Waals surface area contributed by atoms with E-state index in [0.717, 1.165) is 47.6 Å². The quantitative estimate of drug-likeness (QED) is 0.229. The number of hydrogen-bond acceptors (Lipinski definition) is 10. The summed E-state index contributed by atoms with van der Waals surface area (Å²) in [6.07, 6.45) is 4.21. The molecule has 1 saturated carbocycles. The largest absolute Gasteiger partial charge is 0.494 e. The maximum absolute atomic E-state index is 14.7. The Morgan fingerprint density at radius 1 is 1.02 bits per heavy atom. The maximum Gasteiger partial charge on any atom is 0.344 e. The van der Waals surface area contributed by atoms with Gasteiger partial charge in [0.1, 0.15) is 40.3 Å². The number of fused-ring (bicyclic) bond motifs is 3.